The van der Waals surface area contributed by atoms with Gasteiger partial charge in [-0.2, -0.15) is 13.2 Å². The van der Waals surface area contributed by atoms with Crippen molar-refractivity contribution in [2.75, 3.05) is 0 Å². The summed E-state index contributed by atoms with van der Waals surface area (Å²) >= 11 is 0. The number of aromatic hydroxyl groups is 1. The van der Waals surface area contributed by atoms with Crippen LogP contribution in [0.2, 0.25) is 0 Å². The van der Waals surface area contributed by atoms with Crippen LogP contribution in [0, 0.1) is 0 Å². The number of hydrogen-bond donors (Lipinski definition) is 1. The van der Waals surface area contributed by atoms with Crippen molar-refractivity contribution in [3.8, 4) is 11.5 Å². The molecule has 0 bridgehead atoms. The maximum atomic E-state index is 12.5. The van der Waals surface area contributed by atoms with Crippen molar-refractivity contribution < 1.29 is 23.0 Å². The van der Waals surface area contributed by atoms with Gasteiger partial charge in [-0.15, -0.1) is 0 Å². The molecule has 0 aliphatic heterocycles. The lowest BCUT2D eigenvalue weighted by atomic mass is 10.2. The molecule has 2 aromatic rings. The summed E-state index contributed by atoms with van der Waals surface area (Å²) < 4.78 is 42.7. The Morgan fingerprint density at radius 2 is 1.74 bits per heavy atom. The summed E-state index contributed by atoms with van der Waals surface area (Å²) in [4.78, 5) is 0. The van der Waals surface area contributed by atoms with E-state index in [2.05, 4.69) is 0 Å². The predicted octanol–water partition coefficient (Wildman–Crippen LogP) is 3.99. The third-order valence-electron chi connectivity index (χ3n) is 2.55. The fourth-order valence-corrected chi connectivity index (χ4v) is 1.56. The van der Waals surface area contributed by atoms with Crippen molar-refractivity contribution in [2.45, 2.75) is 12.8 Å². The van der Waals surface area contributed by atoms with Crippen LogP contribution in [0.5, 0.6) is 11.5 Å². The van der Waals surface area contributed by atoms with Crippen molar-refractivity contribution in [3.05, 3.63) is 59.7 Å². The number of phenolic OH excluding ortho intramolecular Hbond substituents is 1. The van der Waals surface area contributed by atoms with Gasteiger partial charge in [-0.1, -0.05) is 24.3 Å². The van der Waals surface area contributed by atoms with E-state index in [0.717, 1.165) is 12.1 Å². The van der Waals surface area contributed by atoms with Crippen LogP contribution in [-0.2, 0) is 12.8 Å². The second kappa shape index (κ2) is 5.22. The van der Waals surface area contributed by atoms with E-state index in [1.807, 2.05) is 0 Å². The molecule has 0 aliphatic rings. The molecule has 2 aromatic carbocycles. The largest absolute Gasteiger partial charge is 0.508 e. The monoisotopic (exact) mass is 268 g/mol. The molecule has 0 aliphatic carbocycles. The third-order valence-corrected chi connectivity index (χ3v) is 2.55. The molecule has 0 saturated carbocycles. The molecule has 0 atom stereocenters. The topological polar surface area (TPSA) is 29.5 Å². The molecule has 0 radical (unpaired) electrons. The Balaban J connectivity index is 2.10. The third kappa shape index (κ3) is 3.40. The summed E-state index contributed by atoms with van der Waals surface area (Å²) in [7, 11) is 0. The number of benzene rings is 2. The first kappa shape index (κ1) is 13.3. The lowest BCUT2D eigenvalue weighted by molar-refractivity contribution is -0.137. The van der Waals surface area contributed by atoms with Gasteiger partial charge in [0, 0.05) is 5.56 Å². The highest BCUT2D eigenvalue weighted by Gasteiger charge is 2.30. The molecule has 0 aromatic heterocycles. The zero-order chi connectivity index (χ0) is 13.9. The fraction of sp³-hybridized carbons (Fsp3) is 0.143. The average molecular weight is 268 g/mol. The van der Waals surface area contributed by atoms with E-state index in [1.165, 1.54) is 18.2 Å². The van der Waals surface area contributed by atoms with Crippen molar-refractivity contribution in [1.82, 2.24) is 0 Å². The molecule has 0 spiro atoms. The first-order chi connectivity index (χ1) is 8.97. The highest BCUT2D eigenvalue weighted by molar-refractivity contribution is 5.33. The molecule has 100 valence electrons. The molecular weight excluding hydrogens is 257 g/mol. The standard InChI is InChI=1S/C14H11F3O2/c15-14(16,17)11-5-3-6-12(8-11)19-9-10-4-1-2-7-13(10)18/h1-8,18H,9H2. The molecule has 0 saturated heterocycles. The molecule has 1 N–H and O–H groups in total. The lowest BCUT2D eigenvalue weighted by Gasteiger charge is -2.10. The summed E-state index contributed by atoms with van der Waals surface area (Å²) in [5.74, 6) is 0.160. The molecule has 0 fully saturated rings. The second-order valence-electron chi connectivity index (χ2n) is 3.94. The first-order valence-corrected chi connectivity index (χ1v) is 5.54. The molecular formula is C14H11F3O2. The maximum absolute atomic E-state index is 12.5. The van der Waals surface area contributed by atoms with Crippen LogP contribution in [0.4, 0.5) is 13.2 Å². The van der Waals surface area contributed by atoms with Gasteiger partial charge in [0.2, 0.25) is 0 Å². The average Bonchev–Trinajstić information content (AvgIpc) is 2.37. The van der Waals surface area contributed by atoms with Gasteiger partial charge in [0.15, 0.2) is 0 Å². The van der Waals surface area contributed by atoms with Gasteiger partial charge >= 0.3 is 6.18 Å². The molecule has 5 heteroatoms. The van der Waals surface area contributed by atoms with Gasteiger partial charge < -0.3 is 9.84 Å². The molecule has 0 heterocycles. The van der Waals surface area contributed by atoms with Crippen LogP contribution in [0.1, 0.15) is 11.1 Å². The van der Waals surface area contributed by atoms with Gasteiger partial charge in [-0.3, -0.25) is 0 Å². The summed E-state index contributed by atoms with van der Waals surface area (Å²) in [6, 6.07) is 11.1. The van der Waals surface area contributed by atoms with Crippen LogP contribution in [0.3, 0.4) is 0 Å². The Morgan fingerprint density at radius 1 is 1.00 bits per heavy atom. The van der Waals surface area contributed by atoms with E-state index >= 15 is 0 Å². The predicted molar refractivity (Wildman–Crippen MR) is 63.9 cm³/mol. The lowest BCUT2D eigenvalue weighted by Crippen LogP contribution is -2.05. The summed E-state index contributed by atoms with van der Waals surface area (Å²) in [6.45, 7) is 0.00792. The summed E-state index contributed by atoms with van der Waals surface area (Å²) in [5.41, 5.74) is -0.248. The van der Waals surface area contributed by atoms with Crippen LogP contribution >= 0.6 is 0 Å². The normalized spacial score (nSPS) is 11.3. The zero-order valence-electron chi connectivity index (χ0n) is 9.82. The minimum Gasteiger partial charge on any atom is -0.508 e. The number of phenols is 1. The Labute approximate surface area is 108 Å². The molecule has 0 unspecified atom stereocenters. The number of rotatable bonds is 3. The number of alkyl halides is 3. The van der Waals surface area contributed by atoms with Crippen LogP contribution in [0.15, 0.2) is 48.5 Å². The summed E-state index contributed by atoms with van der Waals surface area (Å²) in [6.07, 6.45) is -4.39. The fourth-order valence-electron chi connectivity index (χ4n) is 1.56. The van der Waals surface area contributed by atoms with Gasteiger partial charge in [0.25, 0.3) is 0 Å². The highest BCUT2D eigenvalue weighted by atomic mass is 19.4. The SMILES string of the molecule is Oc1ccccc1COc1cccc(C(F)(F)F)c1. The molecule has 2 rings (SSSR count). The number of ether oxygens (including phenoxy) is 1. The Morgan fingerprint density at radius 3 is 2.42 bits per heavy atom. The van der Waals surface area contributed by atoms with E-state index in [0.29, 0.717) is 5.56 Å². The number of para-hydroxylation sites is 1. The van der Waals surface area contributed by atoms with Gasteiger partial charge in [0.05, 0.1) is 5.56 Å². The van der Waals surface area contributed by atoms with Crippen molar-refractivity contribution >= 4 is 0 Å². The smallest absolute Gasteiger partial charge is 0.416 e. The maximum Gasteiger partial charge on any atom is 0.416 e. The number of hydrogen-bond acceptors (Lipinski definition) is 2. The van der Waals surface area contributed by atoms with E-state index in [-0.39, 0.29) is 18.1 Å². The zero-order valence-corrected chi connectivity index (χ0v) is 9.82. The van der Waals surface area contributed by atoms with Crippen molar-refractivity contribution in [1.29, 1.82) is 0 Å². The summed E-state index contributed by atoms with van der Waals surface area (Å²) in [5, 5.41) is 9.51. The van der Waals surface area contributed by atoms with Gasteiger partial charge in [-0.25, -0.2) is 0 Å². The molecule has 0 amide bonds. The van der Waals surface area contributed by atoms with Crippen LogP contribution in [0.25, 0.3) is 0 Å². The van der Waals surface area contributed by atoms with Crippen molar-refractivity contribution in [3.63, 3.8) is 0 Å². The highest BCUT2D eigenvalue weighted by Crippen LogP contribution is 2.31. The van der Waals surface area contributed by atoms with Gasteiger partial charge in [0.1, 0.15) is 18.1 Å². The minimum atomic E-state index is -4.39. The van der Waals surface area contributed by atoms with Crippen LogP contribution in [-0.4, -0.2) is 5.11 Å². The Kier molecular flexibility index (Phi) is 3.64. The van der Waals surface area contributed by atoms with Gasteiger partial charge in [-0.05, 0) is 24.3 Å². The Hall–Kier alpha value is -2.17. The number of halogens is 3. The minimum absolute atomic E-state index is 0.00792. The van der Waals surface area contributed by atoms with E-state index in [9.17, 15) is 18.3 Å². The van der Waals surface area contributed by atoms with Crippen LogP contribution < -0.4 is 4.74 Å². The van der Waals surface area contributed by atoms with E-state index in [1.54, 1.807) is 18.2 Å². The Bertz CT molecular complexity index is 565. The van der Waals surface area contributed by atoms with E-state index in [4.69, 9.17) is 4.74 Å². The molecule has 19 heavy (non-hydrogen) atoms. The second-order valence-corrected chi connectivity index (χ2v) is 3.94. The van der Waals surface area contributed by atoms with Crippen molar-refractivity contribution in [2.24, 2.45) is 0 Å². The molecule has 2 nitrogen and oxygen atoms in total. The quantitative estimate of drug-likeness (QED) is 0.912. The van der Waals surface area contributed by atoms with E-state index < -0.39 is 11.7 Å². The first-order valence-electron chi connectivity index (χ1n) is 5.54.